The Morgan fingerprint density at radius 1 is 0.743 bits per heavy atom. The molecule has 0 aliphatic carbocycles. The second kappa shape index (κ2) is 12.4. The number of benzene rings is 3. The van der Waals surface area contributed by atoms with Crippen molar-refractivity contribution in [1.82, 2.24) is 10.6 Å². The van der Waals surface area contributed by atoms with E-state index in [0.717, 1.165) is 17.7 Å². The highest BCUT2D eigenvalue weighted by atomic mass is 16.2. The van der Waals surface area contributed by atoms with Gasteiger partial charge in [0, 0.05) is 28.5 Å². The second-order valence-electron chi connectivity index (χ2n) is 8.45. The lowest BCUT2D eigenvalue weighted by atomic mass is 10.1. The molecule has 7 nitrogen and oxygen atoms in total. The molecule has 4 N–H and O–H groups in total. The van der Waals surface area contributed by atoms with E-state index < -0.39 is 0 Å². The number of carbonyl (C=O) groups excluding carboxylic acids is 3. The maximum Gasteiger partial charge on any atom is 0.251 e. The third kappa shape index (κ3) is 7.71. The number of anilines is 2. The van der Waals surface area contributed by atoms with Gasteiger partial charge < -0.3 is 21.3 Å². The smallest absolute Gasteiger partial charge is 0.251 e. The van der Waals surface area contributed by atoms with E-state index in [4.69, 9.17) is 0 Å². The largest absolute Gasteiger partial charge is 0.376 e. The summed E-state index contributed by atoms with van der Waals surface area (Å²) in [5.74, 6) is -0.586. The first-order valence-corrected chi connectivity index (χ1v) is 11.8. The summed E-state index contributed by atoms with van der Waals surface area (Å²) in [4.78, 5) is 37.3. The topological polar surface area (TPSA) is 99.3 Å². The van der Waals surface area contributed by atoms with Crippen LogP contribution in [0, 0.1) is 0 Å². The fraction of sp³-hybridized carbons (Fsp3) is 0.250. The van der Waals surface area contributed by atoms with Gasteiger partial charge in [0.2, 0.25) is 5.91 Å². The number of carbonyl (C=O) groups is 3. The lowest BCUT2D eigenvalue weighted by Gasteiger charge is -2.15. The molecule has 0 aromatic heterocycles. The first-order valence-electron chi connectivity index (χ1n) is 11.8. The van der Waals surface area contributed by atoms with Gasteiger partial charge in [-0.25, -0.2) is 0 Å². The van der Waals surface area contributed by atoms with Crippen LogP contribution in [-0.4, -0.2) is 30.3 Å². The standard InChI is InChI=1S/C28H32N4O3/c1-4-19(2)30-27(34)22-13-15-24(16-14-22)29-18-26(33)32-25-12-8-11-23(17-25)28(35)31-20(3)21-9-6-5-7-10-21/h5-17,19-20,29H,4,18H2,1-3H3,(H,30,34)(H,31,35)(H,32,33). The summed E-state index contributed by atoms with van der Waals surface area (Å²) >= 11 is 0. The van der Waals surface area contributed by atoms with Crippen molar-refractivity contribution >= 4 is 29.1 Å². The van der Waals surface area contributed by atoms with Crippen LogP contribution < -0.4 is 21.3 Å². The summed E-state index contributed by atoms with van der Waals surface area (Å²) in [6.07, 6.45) is 0.862. The summed E-state index contributed by atoms with van der Waals surface area (Å²) in [5, 5.41) is 11.7. The Morgan fingerprint density at radius 2 is 1.43 bits per heavy atom. The third-order valence-corrected chi connectivity index (χ3v) is 5.65. The van der Waals surface area contributed by atoms with Crippen LogP contribution in [0.1, 0.15) is 59.5 Å². The lowest BCUT2D eigenvalue weighted by Crippen LogP contribution is -2.31. The fourth-order valence-corrected chi connectivity index (χ4v) is 3.38. The Balaban J connectivity index is 1.51. The zero-order valence-corrected chi connectivity index (χ0v) is 20.3. The van der Waals surface area contributed by atoms with Crippen LogP contribution in [0.25, 0.3) is 0 Å². The number of nitrogens with one attached hydrogen (secondary N) is 4. The van der Waals surface area contributed by atoms with Crippen LogP contribution in [0.5, 0.6) is 0 Å². The van der Waals surface area contributed by atoms with Gasteiger partial charge in [-0.2, -0.15) is 0 Å². The SMILES string of the molecule is CCC(C)NC(=O)c1ccc(NCC(=O)Nc2cccc(C(=O)NC(C)c3ccccc3)c2)cc1. The van der Waals surface area contributed by atoms with Crippen molar-refractivity contribution in [2.45, 2.75) is 39.3 Å². The summed E-state index contributed by atoms with van der Waals surface area (Å²) in [5.41, 5.74) is 3.31. The molecule has 0 aliphatic heterocycles. The molecule has 0 spiro atoms. The number of hydrogen-bond acceptors (Lipinski definition) is 4. The van der Waals surface area contributed by atoms with Gasteiger partial charge in [-0.3, -0.25) is 14.4 Å². The molecule has 3 amide bonds. The normalized spacial score (nSPS) is 12.2. The molecule has 2 atom stereocenters. The van der Waals surface area contributed by atoms with Gasteiger partial charge in [0.05, 0.1) is 12.6 Å². The molecule has 0 aliphatic rings. The highest BCUT2D eigenvalue weighted by Gasteiger charge is 2.13. The molecule has 3 aromatic carbocycles. The summed E-state index contributed by atoms with van der Waals surface area (Å²) in [6.45, 7) is 5.94. The van der Waals surface area contributed by atoms with Gasteiger partial charge in [0.15, 0.2) is 0 Å². The van der Waals surface area contributed by atoms with Gasteiger partial charge in [-0.15, -0.1) is 0 Å². The van der Waals surface area contributed by atoms with Crippen LogP contribution in [-0.2, 0) is 4.79 Å². The molecule has 35 heavy (non-hydrogen) atoms. The van der Waals surface area contributed by atoms with Crippen molar-refractivity contribution in [1.29, 1.82) is 0 Å². The molecular formula is C28H32N4O3. The van der Waals surface area contributed by atoms with Gasteiger partial charge in [-0.05, 0) is 68.3 Å². The highest BCUT2D eigenvalue weighted by Crippen LogP contribution is 2.15. The minimum absolute atomic E-state index is 0.0415. The first kappa shape index (κ1) is 25.5. The van der Waals surface area contributed by atoms with Crippen molar-refractivity contribution in [3.8, 4) is 0 Å². The predicted octanol–water partition coefficient (Wildman–Crippen LogP) is 4.76. The average molecular weight is 473 g/mol. The molecule has 0 radical (unpaired) electrons. The van der Waals surface area contributed by atoms with E-state index in [-0.39, 0.29) is 36.3 Å². The molecule has 0 fully saturated rings. The Morgan fingerprint density at radius 3 is 2.11 bits per heavy atom. The quantitative estimate of drug-likeness (QED) is 0.342. The molecule has 0 bridgehead atoms. The van der Waals surface area contributed by atoms with E-state index in [2.05, 4.69) is 21.3 Å². The highest BCUT2D eigenvalue weighted by molar-refractivity contribution is 5.98. The molecular weight excluding hydrogens is 440 g/mol. The number of hydrogen-bond donors (Lipinski definition) is 4. The van der Waals surface area contributed by atoms with Crippen LogP contribution in [0.3, 0.4) is 0 Å². The maximum atomic E-state index is 12.7. The molecule has 3 rings (SSSR count). The van der Waals surface area contributed by atoms with Crippen molar-refractivity contribution in [2.75, 3.05) is 17.2 Å². The fourth-order valence-electron chi connectivity index (χ4n) is 3.38. The third-order valence-electron chi connectivity index (χ3n) is 5.65. The Labute approximate surface area is 206 Å². The van der Waals surface area contributed by atoms with Crippen LogP contribution in [0.15, 0.2) is 78.9 Å². The maximum absolute atomic E-state index is 12.7. The summed E-state index contributed by atoms with van der Waals surface area (Å²) < 4.78 is 0. The van der Waals surface area contributed by atoms with Gasteiger partial charge in [-0.1, -0.05) is 43.3 Å². The molecule has 2 unspecified atom stereocenters. The van der Waals surface area contributed by atoms with Crippen LogP contribution >= 0.6 is 0 Å². The molecule has 3 aromatic rings. The van der Waals surface area contributed by atoms with Crippen LogP contribution in [0.4, 0.5) is 11.4 Å². The molecule has 182 valence electrons. The van der Waals surface area contributed by atoms with E-state index in [9.17, 15) is 14.4 Å². The van der Waals surface area contributed by atoms with Gasteiger partial charge in [0.1, 0.15) is 0 Å². The van der Waals surface area contributed by atoms with E-state index >= 15 is 0 Å². The molecule has 0 saturated heterocycles. The van der Waals surface area contributed by atoms with Crippen molar-refractivity contribution in [2.24, 2.45) is 0 Å². The van der Waals surface area contributed by atoms with E-state index in [1.54, 1.807) is 48.5 Å². The molecule has 0 saturated carbocycles. The first-order chi connectivity index (χ1) is 16.9. The zero-order valence-electron chi connectivity index (χ0n) is 20.3. The Kier molecular flexibility index (Phi) is 9.01. The second-order valence-corrected chi connectivity index (χ2v) is 8.45. The van der Waals surface area contributed by atoms with E-state index in [1.165, 1.54) is 0 Å². The van der Waals surface area contributed by atoms with E-state index in [0.29, 0.717) is 16.8 Å². The Hall–Kier alpha value is -4.13. The minimum Gasteiger partial charge on any atom is -0.376 e. The van der Waals surface area contributed by atoms with E-state index in [1.807, 2.05) is 51.1 Å². The summed E-state index contributed by atoms with van der Waals surface area (Å²) in [6, 6.07) is 23.5. The monoisotopic (exact) mass is 472 g/mol. The van der Waals surface area contributed by atoms with Crippen LogP contribution in [0.2, 0.25) is 0 Å². The number of amides is 3. The molecule has 0 heterocycles. The van der Waals surface area contributed by atoms with Gasteiger partial charge in [0.25, 0.3) is 11.8 Å². The Bertz CT molecular complexity index is 1150. The lowest BCUT2D eigenvalue weighted by molar-refractivity contribution is -0.114. The van der Waals surface area contributed by atoms with Gasteiger partial charge >= 0.3 is 0 Å². The molecule has 7 heteroatoms. The van der Waals surface area contributed by atoms with Crippen molar-refractivity contribution in [3.05, 3.63) is 95.6 Å². The van der Waals surface area contributed by atoms with Crippen molar-refractivity contribution in [3.63, 3.8) is 0 Å². The average Bonchev–Trinajstić information content (AvgIpc) is 2.88. The van der Waals surface area contributed by atoms with Crippen molar-refractivity contribution < 1.29 is 14.4 Å². The zero-order chi connectivity index (χ0) is 25.2. The minimum atomic E-state index is -0.251. The summed E-state index contributed by atoms with van der Waals surface area (Å²) in [7, 11) is 0. The predicted molar refractivity (Wildman–Crippen MR) is 140 cm³/mol. The number of rotatable bonds is 10.